The Balaban J connectivity index is 1.52. The molecule has 4 aromatic rings. The van der Waals surface area contributed by atoms with Crippen LogP contribution in [0.25, 0.3) is 10.8 Å². The highest BCUT2D eigenvalue weighted by atomic mass is 35.5. The van der Waals surface area contributed by atoms with E-state index in [9.17, 15) is 14.4 Å². The molecule has 0 aliphatic heterocycles. The maximum absolute atomic E-state index is 12.7. The quantitative estimate of drug-likeness (QED) is 0.130. The van der Waals surface area contributed by atoms with Crippen molar-refractivity contribution in [3.63, 3.8) is 0 Å². The molecule has 36 heavy (non-hydrogen) atoms. The fourth-order valence-electron chi connectivity index (χ4n) is 3.34. The summed E-state index contributed by atoms with van der Waals surface area (Å²) in [6.07, 6.45) is 1.32. The fourth-order valence-corrected chi connectivity index (χ4v) is 3.46. The first-order valence-corrected chi connectivity index (χ1v) is 11.1. The maximum Gasteiger partial charge on any atom is 0.343 e. The number of ether oxygens (including phenoxy) is 2. The van der Waals surface area contributed by atoms with Gasteiger partial charge in [-0.3, -0.25) is 9.59 Å². The number of esters is 1. The zero-order chi connectivity index (χ0) is 25.5. The molecule has 9 heteroatoms. The van der Waals surface area contributed by atoms with E-state index in [-0.39, 0.29) is 5.75 Å². The average Bonchev–Trinajstić information content (AvgIpc) is 2.90. The van der Waals surface area contributed by atoms with Crippen molar-refractivity contribution in [2.75, 3.05) is 12.4 Å². The van der Waals surface area contributed by atoms with Gasteiger partial charge in [0.2, 0.25) is 0 Å². The van der Waals surface area contributed by atoms with Gasteiger partial charge in [-0.2, -0.15) is 5.10 Å². The molecule has 0 atom stereocenters. The van der Waals surface area contributed by atoms with Crippen LogP contribution in [-0.2, 0) is 9.59 Å². The van der Waals surface area contributed by atoms with Crippen molar-refractivity contribution in [1.29, 1.82) is 0 Å². The number of halogens is 1. The predicted octanol–water partition coefficient (Wildman–Crippen LogP) is 4.81. The number of rotatable bonds is 6. The van der Waals surface area contributed by atoms with Crippen molar-refractivity contribution in [1.82, 2.24) is 5.43 Å². The minimum atomic E-state index is -0.978. The van der Waals surface area contributed by atoms with E-state index in [1.54, 1.807) is 60.7 Å². The van der Waals surface area contributed by atoms with E-state index in [1.165, 1.54) is 13.3 Å². The third kappa shape index (κ3) is 5.86. The Morgan fingerprint density at radius 1 is 0.889 bits per heavy atom. The van der Waals surface area contributed by atoms with E-state index < -0.39 is 17.8 Å². The van der Waals surface area contributed by atoms with E-state index >= 15 is 0 Å². The van der Waals surface area contributed by atoms with Gasteiger partial charge in [-0.1, -0.05) is 48.0 Å². The molecule has 0 saturated carbocycles. The second-order valence-electron chi connectivity index (χ2n) is 7.48. The Kier molecular flexibility index (Phi) is 7.57. The van der Waals surface area contributed by atoms with Gasteiger partial charge in [0, 0.05) is 22.3 Å². The van der Waals surface area contributed by atoms with E-state index in [0.29, 0.717) is 27.6 Å². The molecule has 2 amide bonds. The van der Waals surface area contributed by atoms with Gasteiger partial charge >= 0.3 is 17.8 Å². The topological polar surface area (TPSA) is 106 Å². The van der Waals surface area contributed by atoms with Crippen LogP contribution in [-0.4, -0.2) is 31.1 Å². The minimum Gasteiger partial charge on any atom is -0.497 e. The maximum atomic E-state index is 12.7. The third-order valence-corrected chi connectivity index (χ3v) is 5.36. The summed E-state index contributed by atoms with van der Waals surface area (Å²) in [5, 5.41) is 8.49. The first-order chi connectivity index (χ1) is 17.4. The Morgan fingerprint density at radius 3 is 2.44 bits per heavy atom. The normalized spacial score (nSPS) is 10.7. The molecular formula is C27H20ClN3O5. The molecule has 0 aliphatic rings. The molecule has 0 aromatic heterocycles. The highest BCUT2D eigenvalue weighted by molar-refractivity contribution is 6.39. The highest BCUT2D eigenvalue weighted by Gasteiger charge is 2.15. The summed E-state index contributed by atoms with van der Waals surface area (Å²) in [7, 11) is 1.50. The second kappa shape index (κ2) is 11.2. The van der Waals surface area contributed by atoms with Crippen LogP contribution >= 0.6 is 11.6 Å². The lowest BCUT2D eigenvalue weighted by Gasteiger charge is -2.11. The molecule has 4 rings (SSSR count). The van der Waals surface area contributed by atoms with Crippen molar-refractivity contribution in [3.8, 4) is 11.5 Å². The van der Waals surface area contributed by atoms with Crippen LogP contribution in [0.2, 0.25) is 5.02 Å². The van der Waals surface area contributed by atoms with Crippen LogP contribution in [0.1, 0.15) is 15.9 Å². The Labute approximate surface area is 211 Å². The number of benzene rings is 4. The van der Waals surface area contributed by atoms with Crippen LogP contribution in [0, 0.1) is 0 Å². The highest BCUT2D eigenvalue weighted by Crippen LogP contribution is 2.27. The molecule has 0 bridgehead atoms. The Hall–Kier alpha value is -4.69. The molecule has 0 radical (unpaired) electrons. The molecule has 0 heterocycles. The molecule has 2 N–H and O–H groups in total. The first kappa shape index (κ1) is 24.4. The van der Waals surface area contributed by atoms with Crippen molar-refractivity contribution in [2.45, 2.75) is 0 Å². The number of fused-ring (bicyclic) bond motifs is 1. The summed E-state index contributed by atoms with van der Waals surface area (Å²) < 4.78 is 10.7. The van der Waals surface area contributed by atoms with Crippen LogP contribution in [0.3, 0.4) is 0 Å². The molecular weight excluding hydrogens is 482 g/mol. The number of hydrogen-bond donors (Lipinski definition) is 2. The predicted molar refractivity (Wildman–Crippen MR) is 138 cm³/mol. The van der Waals surface area contributed by atoms with E-state index in [4.69, 9.17) is 21.1 Å². The van der Waals surface area contributed by atoms with Gasteiger partial charge in [0.15, 0.2) is 0 Å². The van der Waals surface area contributed by atoms with Gasteiger partial charge in [-0.15, -0.1) is 0 Å². The van der Waals surface area contributed by atoms with Crippen LogP contribution in [0.4, 0.5) is 5.69 Å². The van der Waals surface area contributed by atoms with Gasteiger partial charge in [0.25, 0.3) is 0 Å². The number of anilines is 1. The molecule has 0 spiro atoms. The summed E-state index contributed by atoms with van der Waals surface area (Å²) in [6.45, 7) is 0. The van der Waals surface area contributed by atoms with Gasteiger partial charge in [-0.25, -0.2) is 10.2 Å². The number of carbonyl (C=O) groups is 3. The van der Waals surface area contributed by atoms with Crippen molar-refractivity contribution in [2.24, 2.45) is 5.10 Å². The summed E-state index contributed by atoms with van der Waals surface area (Å²) in [5.41, 5.74) is 3.35. The van der Waals surface area contributed by atoms with E-state index in [0.717, 1.165) is 10.8 Å². The molecule has 4 aromatic carbocycles. The number of methoxy groups -OCH3 is 1. The van der Waals surface area contributed by atoms with Crippen molar-refractivity contribution < 1.29 is 23.9 Å². The van der Waals surface area contributed by atoms with Gasteiger partial charge in [-0.05, 0) is 53.2 Å². The minimum absolute atomic E-state index is 0.229. The molecule has 0 saturated heterocycles. The van der Waals surface area contributed by atoms with Crippen LogP contribution in [0.5, 0.6) is 11.5 Å². The molecule has 0 unspecified atom stereocenters. The zero-order valence-electron chi connectivity index (χ0n) is 19.0. The third-order valence-electron chi connectivity index (χ3n) is 5.11. The molecule has 8 nitrogen and oxygen atoms in total. The lowest BCUT2D eigenvalue weighted by atomic mass is 10.0. The lowest BCUT2D eigenvalue weighted by molar-refractivity contribution is -0.136. The molecule has 0 fully saturated rings. The number of hydrogen-bond acceptors (Lipinski definition) is 6. The number of hydrazone groups is 1. The summed E-state index contributed by atoms with van der Waals surface area (Å²) in [6, 6.07) is 23.7. The van der Waals surface area contributed by atoms with Gasteiger partial charge in [0.1, 0.15) is 11.5 Å². The SMILES string of the molecule is COc1cccc(NC(=O)C(=O)N/N=C/c2c(OC(=O)c3ccc(Cl)cc3)ccc3ccccc23)c1. The van der Waals surface area contributed by atoms with E-state index in [1.807, 2.05) is 24.3 Å². The number of nitrogens with one attached hydrogen (secondary N) is 2. The van der Waals surface area contributed by atoms with Crippen molar-refractivity contribution in [3.05, 3.63) is 101 Å². The van der Waals surface area contributed by atoms with E-state index in [2.05, 4.69) is 15.8 Å². The Bertz CT molecular complexity index is 1470. The van der Waals surface area contributed by atoms with Gasteiger partial charge in [0.05, 0.1) is 18.9 Å². The Morgan fingerprint density at radius 2 is 1.67 bits per heavy atom. The fraction of sp³-hybridized carbons (Fsp3) is 0.0370. The zero-order valence-corrected chi connectivity index (χ0v) is 19.8. The molecule has 180 valence electrons. The lowest BCUT2D eigenvalue weighted by Crippen LogP contribution is -2.32. The summed E-state index contributed by atoms with van der Waals surface area (Å²) in [4.78, 5) is 37.2. The average molecular weight is 502 g/mol. The number of carbonyl (C=O) groups excluding carboxylic acids is 3. The monoisotopic (exact) mass is 501 g/mol. The molecule has 0 aliphatic carbocycles. The largest absolute Gasteiger partial charge is 0.497 e. The summed E-state index contributed by atoms with van der Waals surface area (Å²) in [5.74, 6) is -1.71. The van der Waals surface area contributed by atoms with Crippen LogP contribution in [0.15, 0.2) is 90.0 Å². The standard InChI is InChI=1S/C27H20ClN3O5/c1-35-21-7-4-6-20(15-21)30-25(32)26(33)31-29-16-23-22-8-3-2-5-17(22)11-14-24(23)36-27(34)18-9-12-19(28)13-10-18/h2-16H,1H3,(H,30,32)(H,31,33)/b29-16+. The first-order valence-electron chi connectivity index (χ1n) is 10.7. The van der Waals surface area contributed by atoms with Crippen molar-refractivity contribution >= 4 is 52.1 Å². The summed E-state index contributed by atoms with van der Waals surface area (Å²) >= 11 is 5.89. The van der Waals surface area contributed by atoms with Gasteiger partial charge < -0.3 is 14.8 Å². The second-order valence-corrected chi connectivity index (χ2v) is 7.92. The number of nitrogens with zero attached hydrogens (tertiary/aromatic N) is 1. The number of amides is 2. The van der Waals surface area contributed by atoms with Crippen LogP contribution < -0.4 is 20.2 Å². The smallest absolute Gasteiger partial charge is 0.343 e.